The third kappa shape index (κ3) is 4.11. The number of amides is 1. The maximum atomic E-state index is 13.6. The number of aromatic nitrogens is 2. The molecular weight excluding hydrogens is 417 g/mol. The molecule has 1 N–H and O–H groups in total. The van der Waals surface area contributed by atoms with Crippen LogP contribution in [0.5, 0.6) is 0 Å². The Bertz CT molecular complexity index is 1280. The van der Waals surface area contributed by atoms with Crippen molar-refractivity contribution < 1.29 is 26.7 Å². The summed E-state index contributed by atoms with van der Waals surface area (Å²) in [6.45, 7) is -0.101. The third-order valence-electron chi connectivity index (χ3n) is 4.71. The Kier molecular flexibility index (Phi) is 5.18. The van der Waals surface area contributed by atoms with Gasteiger partial charge in [-0.1, -0.05) is 18.2 Å². The van der Waals surface area contributed by atoms with Crippen LogP contribution in [0.1, 0.15) is 21.5 Å². The summed E-state index contributed by atoms with van der Waals surface area (Å²) in [6, 6.07) is 12.8. The average molecular weight is 431 g/mol. The lowest BCUT2D eigenvalue weighted by Crippen LogP contribution is -2.23. The maximum absolute atomic E-state index is 13.6. The number of carbonyl (C=O) groups is 1. The van der Waals surface area contributed by atoms with E-state index >= 15 is 0 Å². The number of hydrogen-bond acceptors (Lipinski definition) is 2. The molecule has 1 aromatic heterocycles. The van der Waals surface area contributed by atoms with Crippen LogP contribution in [0.15, 0.2) is 66.9 Å². The highest BCUT2D eigenvalue weighted by Gasteiger charge is 2.30. The van der Waals surface area contributed by atoms with E-state index in [4.69, 9.17) is 0 Å². The van der Waals surface area contributed by atoms with Crippen LogP contribution in [0.25, 0.3) is 16.6 Å². The third-order valence-corrected chi connectivity index (χ3v) is 4.71. The maximum Gasteiger partial charge on any atom is 0.416 e. The second-order valence-corrected chi connectivity index (χ2v) is 6.77. The molecule has 0 saturated heterocycles. The van der Waals surface area contributed by atoms with Crippen molar-refractivity contribution in [1.82, 2.24) is 15.1 Å². The Morgan fingerprint density at radius 1 is 0.968 bits per heavy atom. The van der Waals surface area contributed by atoms with Gasteiger partial charge >= 0.3 is 6.18 Å². The Labute approximate surface area is 172 Å². The van der Waals surface area contributed by atoms with Crippen molar-refractivity contribution >= 4 is 16.8 Å². The minimum Gasteiger partial charge on any atom is -0.348 e. The van der Waals surface area contributed by atoms with Gasteiger partial charge in [0.25, 0.3) is 5.91 Å². The van der Waals surface area contributed by atoms with Gasteiger partial charge in [-0.05, 0) is 42.0 Å². The molecule has 0 unspecified atom stereocenters. The van der Waals surface area contributed by atoms with E-state index in [-0.39, 0.29) is 17.8 Å². The van der Waals surface area contributed by atoms with Crippen LogP contribution in [0, 0.1) is 11.6 Å². The largest absolute Gasteiger partial charge is 0.416 e. The van der Waals surface area contributed by atoms with Crippen LogP contribution in [0.2, 0.25) is 0 Å². The van der Waals surface area contributed by atoms with Gasteiger partial charge in [0, 0.05) is 18.0 Å². The summed E-state index contributed by atoms with van der Waals surface area (Å²) in [5, 5.41) is 7.21. The molecule has 4 nitrogen and oxygen atoms in total. The highest BCUT2D eigenvalue weighted by atomic mass is 19.4. The molecule has 3 aromatic carbocycles. The van der Waals surface area contributed by atoms with Crippen LogP contribution >= 0.6 is 0 Å². The predicted octanol–water partition coefficient (Wildman–Crippen LogP) is 5.25. The van der Waals surface area contributed by atoms with Crippen molar-refractivity contribution in [1.29, 1.82) is 0 Å². The van der Waals surface area contributed by atoms with Gasteiger partial charge in [0.2, 0.25) is 0 Å². The molecule has 1 heterocycles. The molecule has 0 radical (unpaired) electrons. The second-order valence-electron chi connectivity index (χ2n) is 6.77. The number of nitrogens with one attached hydrogen (secondary N) is 1. The first-order valence-corrected chi connectivity index (χ1v) is 9.10. The van der Waals surface area contributed by atoms with Crippen LogP contribution in [-0.4, -0.2) is 15.7 Å². The van der Waals surface area contributed by atoms with E-state index in [2.05, 4.69) is 10.4 Å². The highest BCUT2D eigenvalue weighted by molar-refractivity contribution is 6.06. The fourth-order valence-electron chi connectivity index (χ4n) is 3.21. The lowest BCUT2D eigenvalue weighted by Gasteiger charge is -2.10. The van der Waals surface area contributed by atoms with Crippen LogP contribution < -0.4 is 5.32 Å². The lowest BCUT2D eigenvalue weighted by atomic mass is 10.1. The molecule has 0 aliphatic rings. The van der Waals surface area contributed by atoms with Crippen molar-refractivity contribution in [2.45, 2.75) is 12.7 Å². The summed E-state index contributed by atoms with van der Waals surface area (Å²) in [7, 11) is 0. The van der Waals surface area contributed by atoms with E-state index in [1.807, 2.05) is 0 Å². The van der Waals surface area contributed by atoms with Crippen molar-refractivity contribution in [3.05, 3.63) is 95.2 Å². The summed E-state index contributed by atoms with van der Waals surface area (Å²) in [5.41, 5.74) is 0.508. The molecule has 4 aromatic rings. The highest BCUT2D eigenvalue weighted by Crippen LogP contribution is 2.29. The number of hydrogen-bond donors (Lipinski definition) is 1. The molecule has 0 aliphatic heterocycles. The molecule has 0 spiro atoms. The second kappa shape index (κ2) is 7.82. The zero-order valence-electron chi connectivity index (χ0n) is 15.8. The number of benzene rings is 3. The molecule has 0 saturated carbocycles. The molecule has 1 amide bonds. The minimum absolute atomic E-state index is 0.101. The number of fused-ring (bicyclic) bond motifs is 1. The van der Waals surface area contributed by atoms with Gasteiger partial charge in [0.1, 0.15) is 0 Å². The fourth-order valence-corrected chi connectivity index (χ4v) is 3.21. The number of carbonyl (C=O) groups excluding carboxylic acids is 1. The summed E-state index contributed by atoms with van der Waals surface area (Å²) in [6.07, 6.45) is -3.06. The molecule has 0 bridgehead atoms. The summed E-state index contributed by atoms with van der Waals surface area (Å²) >= 11 is 0. The van der Waals surface area contributed by atoms with Gasteiger partial charge in [0.05, 0.1) is 28.5 Å². The van der Waals surface area contributed by atoms with E-state index in [1.165, 1.54) is 29.1 Å². The minimum atomic E-state index is -4.47. The summed E-state index contributed by atoms with van der Waals surface area (Å²) in [4.78, 5) is 12.7. The van der Waals surface area contributed by atoms with E-state index in [1.54, 1.807) is 18.2 Å². The molecule has 4 rings (SSSR count). The van der Waals surface area contributed by atoms with Gasteiger partial charge in [-0.3, -0.25) is 4.79 Å². The van der Waals surface area contributed by atoms with Gasteiger partial charge in [-0.15, -0.1) is 0 Å². The van der Waals surface area contributed by atoms with Crippen molar-refractivity contribution in [3.8, 4) is 5.69 Å². The molecule has 0 aliphatic carbocycles. The zero-order valence-corrected chi connectivity index (χ0v) is 15.8. The van der Waals surface area contributed by atoms with Gasteiger partial charge in [-0.2, -0.15) is 18.3 Å². The number of alkyl halides is 3. The molecule has 9 heteroatoms. The first kappa shape index (κ1) is 20.5. The smallest absolute Gasteiger partial charge is 0.348 e. The summed E-state index contributed by atoms with van der Waals surface area (Å²) in [5.74, 6) is -2.53. The molecule has 0 atom stereocenters. The molecule has 0 fully saturated rings. The topological polar surface area (TPSA) is 46.9 Å². The van der Waals surface area contributed by atoms with E-state index in [0.717, 1.165) is 24.3 Å². The quantitative estimate of drug-likeness (QED) is 0.449. The summed E-state index contributed by atoms with van der Waals surface area (Å²) < 4.78 is 66.7. The van der Waals surface area contributed by atoms with Crippen molar-refractivity contribution in [2.24, 2.45) is 0 Å². The molecular formula is C22H14F5N3O. The average Bonchev–Trinajstić information content (AvgIpc) is 3.18. The van der Waals surface area contributed by atoms with Gasteiger partial charge in [-0.25, -0.2) is 13.5 Å². The van der Waals surface area contributed by atoms with Crippen LogP contribution in [0.3, 0.4) is 0 Å². The first-order chi connectivity index (χ1) is 14.7. The van der Waals surface area contributed by atoms with Crippen LogP contribution in [-0.2, 0) is 12.7 Å². The fraction of sp³-hybridized carbons (Fsp3) is 0.0909. The molecule has 31 heavy (non-hydrogen) atoms. The Morgan fingerprint density at radius 3 is 2.48 bits per heavy atom. The van der Waals surface area contributed by atoms with Crippen LogP contribution in [0.4, 0.5) is 22.0 Å². The normalized spacial score (nSPS) is 11.6. The van der Waals surface area contributed by atoms with E-state index in [9.17, 15) is 26.7 Å². The Balaban J connectivity index is 1.59. The van der Waals surface area contributed by atoms with Gasteiger partial charge < -0.3 is 5.32 Å². The standard InChI is InChI=1S/C22H14F5N3O/c23-18-8-7-15(10-19(18)24)30-20-6-2-5-16(17(20)12-29-30)21(31)28-11-13-3-1-4-14(9-13)22(25,26)27/h1-10,12H,11H2,(H,28,31). The number of halogens is 5. The SMILES string of the molecule is O=C(NCc1cccc(C(F)(F)F)c1)c1cccc2c1cnn2-c1ccc(F)c(F)c1. The predicted molar refractivity (Wildman–Crippen MR) is 104 cm³/mol. The monoisotopic (exact) mass is 431 g/mol. The van der Waals surface area contributed by atoms with E-state index in [0.29, 0.717) is 16.5 Å². The van der Waals surface area contributed by atoms with Crippen molar-refractivity contribution in [2.75, 3.05) is 0 Å². The molecule has 158 valence electrons. The number of rotatable bonds is 4. The number of nitrogens with zero attached hydrogens (tertiary/aromatic N) is 2. The Hall–Kier alpha value is -3.75. The van der Waals surface area contributed by atoms with Crippen molar-refractivity contribution in [3.63, 3.8) is 0 Å². The van der Waals surface area contributed by atoms with E-state index < -0.39 is 29.3 Å². The first-order valence-electron chi connectivity index (χ1n) is 9.10. The zero-order chi connectivity index (χ0) is 22.2. The lowest BCUT2D eigenvalue weighted by molar-refractivity contribution is -0.137. The Morgan fingerprint density at radius 2 is 1.74 bits per heavy atom. The van der Waals surface area contributed by atoms with Gasteiger partial charge in [0.15, 0.2) is 11.6 Å².